The third-order valence-electron chi connectivity index (χ3n) is 4.08. The number of carbonyl (C=O) groups is 1. The van der Waals surface area contributed by atoms with Crippen molar-refractivity contribution in [3.05, 3.63) is 58.6 Å². The van der Waals surface area contributed by atoms with E-state index in [1.54, 1.807) is 24.3 Å². The van der Waals surface area contributed by atoms with Crippen LogP contribution in [-0.2, 0) is 12.8 Å². The second-order valence-electron chi connectivity index (χ2n) is 5.84. The molecule has 0 radical (unpaired) electrons. The van der Waals surface area contributed by atoms with Gasteiger partial charge in [-0.25, -0.2) is 4.79 Å². The quantitative estimate of drug-likeness (QED) is 0.789. The number of carbonyl (C=O) groups excluding carboxylic acids is 1. The first-order valence-corrected chi connectivity index (χ1v) is 8.64. The number of fused-ring (bicyclic) bond motifs is 1. The molecule has 0 saturated carbocycles. The molecular weight excluding hydrogens is 324 g/mol. The average molecular weight is 345 g/mol. The topological polar surface area (TPSA) is 50.4 Å². The lowest BCUT2D eigenvalue weighted by Gasteiger charge is -2.19. The van der Waals surface area contributed by atoms with Crippen molar-refractivity contribution in [1.29, 1.82) is 0 Å². The number of urea groups is 1. The number of rotatable bonds is 5. The number of anilines is 1. The number of amides is 2. The maximum absolute atomic E-state index is 11.8. The van der Waals surface area contributed by atoms with E-state index >= 15 is 0 Å². The van der Waals surface area contributed by atoms with Gasteiger partial charge in [0.15, 0.2) is 0 Å². The van der Waals surface area contributed by atoms with Crippen molar-refractivity contribution in [2.24, 2.45) is 0 Å². The zero-order valence-corrected chi connectivity index (χ0v) is 14.2. The van der Waals surface area contributed by atoms with E-state index in [0.29, 0.717) is 23.9 Å². The molecule has 0 fully saturated rings. The molecule has 0 saturated heterocycles. The van der Waals surface area contributed by atoms with Gasteiger partial charge in [0.25, 0.3) is 0 Å². The number of aryl methyl sites for hydroxylation is 1. The minimum absolute atomic E-state index is 0.268. The summed E-state index contributed by atoms with van der Waals surface area (Å²) in [6.45, 7) is 0.884. The third kappa shape index (κ3) is 4.42. The van der Waals surface area contributed by atoms with Crippen LogP contribution in [0.25, 0.3) is 0 Å². The van der Waals surface area contributed by atoms with E-state index in [9.17, 15) is 4.79 Å². The van der Waals surface area contributed by atoms with E-state index in [1.807, 2.05) is 12.1 Å². The number of hydrogen-bond acceptors (Lipinski definition) is 2. The molecule has 4 nitrogen and oxygen atoms in total. The maximum atomic E-state index is 11.8. The van der Waals surface area contributed by atoms with Gasteiger partial charge in [0.2, 0.25) is 0 Å². The fourth-order valence-corrected chi connectivity index (χ4v) is 3.14. The Labute approximate surface area is 147 Å². The lowest BCUT2D eigenvalue weighted by Crippen LogP contribution is -2.32. The molecule has 0 unspecified atom stereocenters. The Morgan fingerprint density at radius 1 is 1.12 bits per heavy atom. The molecule has 0 aromatic heterocycles. The molecular formula is C19H21ClN2O2. The van der Waals surface area contributed by atoms with Crippen LogP contribution in [0.1, 0.15) is 24.0 Å². The number of nitrogens with one attached hydrogen (secondary N) is 2. The van der Waals surface area contributed by atoms with Gasteiger partial charge in [0.1, 0.15) is 12.4 Å². The summed E-state index contributed by atoms with van der Waals surface area (Å²) in [5.74, 6) is 0.948. The van der Waals surface area contributed by atoms with E-state index in [2.05, 4.69) is 16.7 Å². The molecule has 1 aliphatic carbocycles. The van der Waals surface area contributed by atoms with Crippen molar-refractivity contribution in [2.45, 2.75) is 25.7 Å². The largest absolute Gasteiger partial charge is 0.491 e. The minimum atomic E-state index is -0.268. The summed E-state index contributed by atoms with van der Waals surface area (Å²) in [4.78, 5) is 11.8. The van der Waals surface area contributed by atoms with Gasteiger partial charge >= 0.3 is 6.03 Å². The molecule has 0 bridgehead atoms. The summed E-state index contributed by atoms with van der Waals surface area (Å²) >= 11 is 5.89. The number of halogens is 1. The van der Waals surface area contributed by atoms with E-state index < -0.39 is 0 Å². The van der Waals surface area contributed by atoms with Crippen LogP contribution in [0.4, 0.5) is 10.5 Å². The van der Waals surface area contributed by atoms with Gasteiger partial charge in [-0.05, 0) is 61.1 Å². The second-order valence-corrected chi connectivity index (χ2v) is 6.28. The summed E-state index contributed by atoms with van der Waals surface area (Å²) in [6, 6.07) is 13.0. The van der Waals surface area contributed by atoms with Gasteiger partial charge < -0.3 is 15.4 Å². The molecule has 2 amide bonds. The number of benzene rings is 2. The van der Waals surface area contributed by atoms with Gasteiger partial charge in [0.05, 0.1) is 6.54 Å². The van der Waals surface area contributed by atoms with Crippen LogP contribution in [0.2, 0.25) is 5.02 Å². The van der Waals surface area contributed by atoms with Gasteiger partial charge in [-0.2, -0.15) is 0 Å². The number of hydrogen-bond donors (Lipinski definition) is 2. The molecule has 0 aliphatic heterocycles. The average Bonchev–Trinajstić information content (AvgIpc) is 2.59. The molecule has 1 aliphatic rings. The Bertz CT molecular complexity index is 718. The van der Waals surface area contributed by atoms with Crippen LogP contribution >= 0.6 is 11.6 Å². The maximum Gasteiger partial charge on any atom is 0.319 e. The third-order valence-corrected chi connectivity index (χ3v) is 4.32. The van der Waals surface area contributed by atoms with Crippen molar-refractivity contribution in [1.82, 2.24) is 5.32 Å². The predicted octanol–water partition coefficient (Wildman–Crippen LogP) is 4.42. The fraction of sp³-hybridized carbons (Fsp3) is 0.316. The molecule has 5 heteroatoms. The van der Waals surface area contributed by atoms with E-state index in [0.717, 1.165) is 18.6 Å². The van der Waals surface area contributed by atoms with Crippen molar-refractivity contribution in [2.75, 3.05) is 18.5 Å². The summed E-state index contributed by atoms with van der Waals surface area (Å²) in [7, 11) is 0. The smallest absolute Gasteiger partial charge is 0.319 e. The van der Waals surface area contributed by atoms with Crippen LogP contribution in [0.5, 0.6) is 5.75 Å². The Hall–Kier alpha value is -2.20. The number of ether oxygens (including phenoxy) is 1. The first-order chi connectivity index (χ1) is 11.7. The first kappa shape index (κ1) is 16.7. The van der Waals surface area contributed by atoms with Crippen LogP contribution in [-0.4, -0.2) is 19.2 Å². The highest BCUT2D eigenvalue weighted by molar-refractivity contribution is 6.30. The molecule has 126 valence electrons. The van der Waals surface area contributed by atoms with Crippen molar-refractivity contribution < 1.29 is 9.53 Å². The van der Waals surface area contributed by atoms with Crippen LogP contribution < -0.4 is 15.4 Å². The van der Waals surface area contributed by atoms with Crippen molar-refractivity contribution >= 4 is 23.3 Å². The zero-order chi connectivity index (χ0) is 16.8. The normalized spacial score (nSPS) is 13.0. The van der Waals surface area contributed by atoms with Crippen LogP contribution in [0.3, 0.4) is 0 Å². The summed E-state index contributed by atoms with van der Waals surface area (Å²) in [5, 5.41) is 6.11. The predicted molar refractivity (Wildman–Crippen MR) is 97.1 cm³/mol. The molecule has 3 rings (SSSR count). The standard InChI is InChI=1S/C19H21ClN2O2/c20-15-7-4-8-16(13-15)22-19(23)21-11-12-24-18-10-3-6-14-5-1-2-9-17(14)18/h3-4,6-8,10,13H,1-2,5,9,11-12H2,(H2,21,22,23). The second kappa shape index (κ2) is 8.06. The van der Waals surface area contributed by atoms with Crippen molar-refractivity contribution in [3.8, 4) is 5.75 Å². The Morgan fingerprint density at radius 2 is 1.96 bits per heavy atom. The summed E-state index contributed by atoms with van der Waals surface area (Å²) < 4.78 is 5.86. The highest BCUT2D eigenvalue weighted by Crippen LogP contribution is 2.29. The molecule has 0 heterocycles. The van der Waals surface area contributed by atoms with E-state index in [4.69, 9.17) is 16.3 Å². The Kier molecular flexibility index (Phi) is 5.59. The molecule has 2 aromatic rings. The van der Waals surface area contributed by atoms with Gasteiger partial charge in [-0.3, -0.25) is 0 Å². The van der Waals surface area contributed by atoms with E-state index in [-0.39, 0.29) is 6.03 Å². The van der Waals surface area contributed by atoms with Crippen LogP contribution in [0, 0.1) is 0 Å². The Balaban J connectivity index is 1.45. The highest BCUT2D eigenvalue weighted by atomic mass is 35.5. The molecule has 0 atom stereocenters. The minimum Gasteiger partial charge on any atom is -0.491 e. The van der Waals surface area contributed by atoms with Crippen molar-refractivity contribution in [3.63, 3.8) is 0 Å². The zero-order valence-electron chi connectivity index (χ0n) is 13.5. The molecule has 0 spiro atoms. The molecule has 2 N–H and O–H groups in total. The van der Waals surface area contributed by atoms with Gasteiger partial charge in [0, 0.05) is 10.7 Å². The van der Waals surface area contributed by atoms with Crippen LogP contribution in [0.15, 0.2) is 42.5 Å². The monoisotopic (exact) mass is 344 g/mol. The summed E-state index contributed by atoms with van der Waals surface area (Å²) in [6.07, 6.45) is 4.68. The fourth-order valence-electron chi connectivity index (χ4n) is 2.95. The Morgan fingerprint density at radius 3 is 2.83 bits per heavy atom. The lowest BCUT2D eigenvalue weighted by atomic mass is 9.91. The lowest BCUT2D eigenvalue weighted by molar-refractivity contribution is 0.247. The first-order valence-electron chi connectivity index (χ1n) is 8.26. The summed E-state index contributed by atoms with van der Waals surface area (Å²) in [5.41, 5.74) is 3.38. The van der Waals surface area contributed by atoms with Gasteiger partial charge in [-0.15, -0.1) is 0 Å². The SMILES string of the molecule is O=C(NCCOc1cccc2c1CCCC2)Nc1cccc(Cl)c1. The van der Waals surface area contributed by atoms with Gasteiger partial charge in [-0.1, -0.05) is 29.8 Å². The van der Waals surface area contributed by atoms with E-state index in [1.165, 1.54) is 24.0 Å². The molecule has 24 heavy (non-hydrogen) atoms. The molecule has 2 aromatic carbocycles. The highest BCUT2D eigenvalue weighted by Gasteiger charge is 2.13.